The predicted octanol–water partition coefficient (Wildman–Crippen LogP) is 1.54. The van der Waals surface area contributed by atoms with E-state index in [0.717, 1.165) is 24.7 Å². The molecule has 0 amide bonds. The Hall–Kier alpha value is -0.930. The van der Waals surface area contributed by atoms with Crippen molar-refractivity contribution >= 4 is 0 Å². The topological polar surface area (TPSA) is 28.7 Å². The maximum absolute atomic E-state index is 5.96. The summed E-state index contributed by atoms with van der Waals surface area (Å²) in [6, 6.07) is 7.00. The molecule has 3 fully saturated rings. The second-order valence-corrected chi connectivity index (χ2v) is 5.19. The van der Waals surface area contributed by atoms with Gasteiger partial charge in [0, 0.05) is 25.3 Å². The number of hydrogen-bond acceptors (Lipinski definition) is 3. The Balaban J connectivity index is 1.55. The zero-order valence-corrected chi connectivity index (χ0v) is 9.30. The molecule has 0 N–H and O–H groups in total. The van der Waals surface area contributed by atoms with Gasteiger partial charge in [0.25, 0.3) is 0 Å². The van der Waals surface area contributed by atoms with Gasteiger partial charge in [-0.2, -0.15) is 0 Å². The monoisotopic (exact) mass is 216 g/mol. The van der Waals surface area contributed by atoms with Crippen LogP contribution < -0.4 is 0 Å². The molecule has 2 aliphatic heterocycles. The second kappa shape index (κ2) is 3.05. The summed E-state index contributed by atoms with van der Waals surface area (Å²) in [5.74, 6) is 0. The summed E-state index contributed by atoms with van der Waals surface area (Å²) < 4.78 is 5.96. The minimum Gasteiger partial charge on any atom is -0.358 e. The van der Waals surface area contributed by atoms with E-state index in [-0.39, 0.29) is 5.60 Å². The zero-order valence-electron chi connectivity index (χ0n) is 9.30. The molecule has 2 saturated heterocycles. The van der Waals surface area contributed by atoms with Crippen molar-refractivity contribution < 1.29 is 4.74 Å². The maximum atomic E-state index is 5.96. The number of hydrogen-bond donors (Lipinski definition) is 0. The van der Waals surface area contributed by atoms with Gasteiger partial charge in [0.2, 0.25) is 0 Å². The molecule has 0 spiro atoms. The molecule has 3 heterocycles. The lowest BCUT2D eigenvalue weighted by atomic mass is 9.92. The molecule has 3 nitrogen and oxygen atoms in total. The van der Waals surface area contributed by atoms with Gasteiger partial charge < -0.3 is 4.74 Å². The van der Waals surface area contributed by atoms with Crippen LogP contribution in [0.15, 0.2) is 24.4 Å². The Labute approximate surface area is 95.4 Å². The van der Waals surface area contributed by atoms with Crippen molar-refractivity contribution in [2.45, 2.75) is 37.0 Å². The fourth-order valence-electron chi connectivity index (χ4n) is 2.98. The number of epoxide rings is 1. The molecule has 1 saturated carbocycles. The molecule has 3 heteroatoms. The van der Waals surface area contributed by atoms with E-state index in [0.29, 0.717) is 6.10 Å². The lowest BCUT2D eigenvalue weighted by Crippen LogP contribution is -2.39. The summed E-state index contributed by atoms with van der Waals surface area (Å²) in [5, 5.41) is 0. The van der Waals surface area contributed by atoms with Gasteiger partial charge in [-0.15, -0.1) is 0 Å². The van der Waals surface area contributed by atoms with Crippen LogP contribution in [-0.4, -0.2) is 35.1 Å². The third kappa shape index (κ3) is 1.25. The van der Waals surface area contributed by atoms with Crippen molar-refractivity contribution in [1.82, 2.24) is 9.88 Å². The highest BCUT2D eigenvalue weighted by Crippen LogP contribution is 2.52. The van der Waals surface area contributed by atoms with Crippen LogP contribution in [0.3, 0.4) is 0 Å². The molecule has 4 rings (SSSR count). The van der Waals surface area contributed by atoms with E-state index in [4.69, 9.17) is 4.74 Å². The third-order valence-electron chi connectivity index (χ3n) is 4.15. The van der Waals surface area contributed by atoms with Gasteiger partial charge in [-0.3, -0.25) is 9.88 Å². The summed E-state index contributed by atoms with van der Waals surface area (Å²) in [7, 11) is 0. The Morgan fingerprint density at radius 1 is 1.38 bits per heavy atom. The molecular weight excluding hydrogens is 200 g/mol. The van der Waals surface area contributed by atoms with Crippen molar-refractivity contribution in [3.05, 3.63) is 30.1 Å². The first-order valence-corrected chi connectivity index (χ1v) is 6.22. The highest BCUT2D eigenvalue weighted by atomic mass is 16.6. The number of fused-ring (bicyclic) bond motifs is 1. The molecule has 1 aromatic rings. The summed E-state index contributed by atoms with van der Waals surface area (Å²) in [6.07, 6.45) is 6.17. The van der Waals surface area contributed by atoms with Gasteiger partial charge in [0.05, 0.1) is 5.69 Å². The highest BCUT2D eigenvalue weighted by molar-refractivity contribution is 5.24. The number of piperidine rings is 1. The lowest BCUT2D eigenvalue weighted by molar-refractivity contribution is 0.214. The summed E-state index contributed by atoms with van der Waals surface area (Å²) in [4.78, 5) is 7.05. The molecule has 84 valence electrons. The van der Waals surface area contributed by atoms with Crippen LogP contribution in [0.2, 0.25) is 0 Å². The third-order valence-corrected chi connectivity index (χ3v) is 4.15. The number of aromatic nitrogens is 1. The Bertz CT molecular complexity index is 404. The minimum atomic E-state index is -0.0212. The van der Waals surface area contributed by atoms with Crippen LogP contribution in [0.25, 0.3) is 0 Å². The Morgan fingerprint density at radius 3 is 3.00 bits per heavy atom. The molecule has 16 heavy (non-hydrogen) atoms. The van der Waals surface area contributed by atoms with Gasteiger partial charge in [0.1, 0.15) is 11.7 Å². The van der Waals surface area contributed by atoms with E-state index >= 15 is 0 Å². The standard InChI is InChI=1S/C13H16N2O/c1-2-7-14-11(3-1)13-6-8-15(10-4-5-10)9-12(13)16-13/h1-3,7,10,12H,4-6,8-9H2. The van der Waals surface area contributed by atoms with E-state index in [1.54, 1.807) is 0 Å². The van der Waals surface area contributed by atoms with E-state index in [2.05, 4.69) is 22.0 Å². The van der Waals surface area contributed by atoms with Crippen LogP contribution >= 0.6 is 0 Å². The van der Waals surface area contributed by atoms with Gasteiger partial charge in [-0.1, -0.05) is 6.07 Å². The molecule has 0 bridgehead atoms. The number of nitrogens with zero attached hydrogens (tertiary/aromatic N) is 2. The van der Waals surface area contributed by atoms with E-state index in [1.165, 1.54) is 19.4 Å². The second-order valence-electron chi connectivity index (χ2n) is 5.19. The van der Waals surface area contributed by atoms with E-state index in [1.807, 2.05) is 12.3 Å². The molecule has 2 atom stereocenters. The number of ether oxygens (including phenoxy) is 1. The Kier molecular flexibility index (Phi) is 1.74. The summed E-state index contributed by atoms with van der Waals surface area (Å²) in [6.45, 7) is 2.29. The van der Waals surface area contributed by atoms with Crippen molar-refractivity contribution in [3.8, 4) is 0 Å². The van der Waals surface area contributed by atoms with Crippen LogP contribution in [0.5, 0.6) is 0 Å². The zero-order chi connectivity index (χ0) is 10.6. The molecule has 0 radical (unpaired) electrons. The highest BCUT2D eigenvalue weighted by Gasteiger charge is 2.61. The number of pyridine rings is 1. The molecule has 2 unspecified atom stereocenters. The normalized spacial score (nSPS) is 38.1. The predicted molar refractivity (Wildman–Crippen MR) is 60.0 cm³/mol. The van der Waals surface area contributed by atoms with Gasteiger partial charge >= 0.3 is 0 Å². The largest absolute Gasteiger partial charge is 0.358 e. The first kappa shape index (κ1) is 9.14. The van der Waals surface area contributed by atoms with Crippen molar-refractivity contribution in [3.63, 3.8) is 0 Å². The molecule has 0 aromatic carbocycles. The first-order valence-electron chi connectivity index (χ1n) is 6.22. The quantitative estimate of drug-likeness (QED) is 0.702. The first-order chi connectivity index (χ1) is 7.88. The van der Waals surface area contributed by atoms with Crippen LogP contribution in [0.4, 0.5) is 0 Å². The van der Waals surface area contributed by atoms with Crippen molar-refractivity contribution in [2.24, 2.45) is 0 Å². The molecule has 1 aromatic heterocycles. The van der Waals surface area contributed by atoms with Crippen molar-refractivity contribution in [1.29, 1.82) is 0 Å². The average molecular weight is 216 g/mol. The van der Waals surface area contributed by atoms with Crippen LogP contribution in [-0.2, 0) is 10.3 Å². The average Bonchev–Trinajstić information content (AvgIpc) is 3.22. The Morgan fingerprint density at radius 2 is 2.31 bits per heavy atom. The minimum absolute atomic E-state index is 0.0212. The molecule has 3 aliphatic rings. The van der Waals surface area contributed by atoms with E-state index < -0.39 is 0 Å². The van der Waals surface area contributed by atoms with E-state index in [9.17, 15) is 0 Å². The van der Waals surface area contributed by atoms with Gasteiger partial charge in [-0.25, -0.2) is 0 Å². The molecule has 1 aliphatic carbocycles. The summed E-state index contributed by atoms with van der Waals surface area (Å²) >= 11 is 0. The van der Waals surface area contributed by atoms with Crippen LogP contribution in [0.1, 0.15) is 25.0 Å². The van der Waals surface area contributed by atoms with Gasteiger partial charge in [-0.05, 0) is 31.4 Å². The fourth-order valence-corrected chi connectivity index (χ4v) is 2.98. The smallest absolute Gasteiger partial charge is 0.139 e. The van der Waals surface area contributed by atoms with Crippen molar-refractivity contribution in [2.75, 3.05) is 13.1 Å². The number of likely N-dealkylation sites (tertiary alicyclic amines) is 1. The SMILES string of the molecule is c1ccc(C23CCN(C4CC4)CC2O3)nc1. The fraction of sp³-hybridized carbons (Fsp3) is 0.615. The number of rotatable bonds is 2. The van der Waals surface area contributed by atoms with Crippen LogP contribution in [0, 0.1) is 0 Å². The summed E-state index contributed by atoms with van der Waals surface area (Å²) in [5.41, 5.74) is 1.11. The maximum Gasteiger partial charge on any atom is 0.139 e. The molecular formula is C13H16N2O. The van der Waals surface area contributed by atoms with Gasteiger partial charge in [0.15, 0.2) is 0 Å². The lowest BCUT2D eigenvalue weighted by Gasteiger charge is -2.27.